The van der Waals surface area contributed by atoms with Crippen molar-refractivity contribution in [1.29, 1.82) is 0 Å². The number of benzene rings is 2. The molecular formula is C13H12BrFN2O2S. The molecule has 0 saturated heterocycles. The monoisotopic (exact) mass is 358 g/mol. The molecule has 0 aliphatic carbocycles. The molecule has 0 fully saturated rings. The number of hydrogen-bond donors (Lipinski definition) is 2. The molecule has 7 heteroatoms. The molecular weight excluding hydrogens is 347 g/mol. The van der Waals surface area contributed by atoms with Gasteiger partial charge in [-0.1, -0.05) is 15.9 Å². The van der Waals surface area contributed by atoms with E-state index in [9.17, 15) is 12.8 Å². The molecule has 0 atom stereocenters. The van der Waals surface area contributed by atoms with Crippen LogP contribution in [0.1, 0.15) is 5.56 Å². The maximum absolute atomic E-state index is 13.7. The maximum Gasteiger partial charge on any atom is 0.264 e. The number of nitrogens with two attached hydrogens (primary N) is 1. The number of aryl methyl sites for hydroxylation is 1. The van der Waals surface area contributed by atoms with E-state index >= 15 is 0 Å². The summed E-state index contributed by atoms with van der Waals surface area (Å²) in [5, 5.41) is 0. The highest BCUT2D eigenvalue weighted by molar-refractivity contribution is 9.10. The lowest BCUT2D eigenvalue weighted by Crippen LogP contribution is -2.15. The first kappa shape index (κ1) is 14.8. The number of nitrogens with one attached hydrogen (secondary N) is 1. The fraction of sp³-hybridized carbons (Fsp3) is 0.0769. The largest absolute Gasteiger partial charge is 0.399 e. The molecule has 4 nitrogen and oxygen atoms in total. The minimum Gasteiger partial charge on any atom is -0.399 e. The molecule has 0 aliphatic heterocycles. The molecule has 3 N–H and O–H groups in total. The SMILES string of the molecule is Cc1cc(Br)ccc1NS(=O)(=O)c1cc(N)ccc1F. The van der Waals surface area contributed by atoms with E-state index in [1.54, 1.807) is 25.1 Å². The van der Waals surface area contributed by atoms with Crippen molar-refractivity contribution >= 4 is 37.3 Å². The predicted molar refractivity (Wildman–Crippen MR) is 80.5 cm³/mol. The van der Waals surface area contributed by atoms with Crippen LogP contribution in [0, 0.1) is 12.7 Å². The minimum atomic E-state index is -4.02. The Hall–Kier alpha value is -1.60. The molecule has 0 amide bonds. The Labute approximate surface area is 125 Å². The standard InChI is InChI=1S/C13H12BrFN2O2S/c1-8-6-9(14)2-5-12(8)17-20(18,19)13-7-10(16)3-4-11(13)15/h2-7,17H,16H2,1H3. The molecule has 106 valence electrons. The van der Waals surface area contributed by atoms with E-state index in [0.29, 0.717) is 11.3 Å². The summed E-state index contributed by atoms with van der Waals surface area (Å²) < 4.78 is 41.2. The van der Waals surface area contributed by atoms with Crippen LogP contribution in [0.5, 0.6) is 0 Å². The van der Waals surface area contributed by atoms with Crippen molar-refractivity contribution in [1.82, 2.24) is 0 Å². The molecule has 0 spiro atoms. The number of hydrogen-bond acceptors (Lipinski definition) is 3. The number of nitrogen functional groups attached to an aromatic ring is 1. The molecule has 0 bridgehead atoms. The van der Waals surface area contributed by atoms with Crippen molar-refractivity contribution in [2.24, 2.45) is 0 Å². The molecule has 2 aromatic rings. The summed E-state index contributed by atoms with van der Waals surface area (Å²) in [4.78, 5) is -0.472. The lowest BCUT2D eigenvalue weighted by atomic mass is 10.2. The molecule has 2 aromatic carbocycles. The average molecular weight is 359 g/mol. The second kappa shape index (κ2) is 5.41. The van der Waals surface area contributed by atoms with Gasteiger partial charge in [0.05, 0.1) is 5.69 Å². The Morgan fingerprint density at radius 3 is 2.55 bits per heavy atom. The molecule has 2 rings (SSSR count). The van der Waals surface area contributed by atoms with Crippen molar-refractivity contribution in [3.63, 3.8) is 0 Å². The van der Waals surface area contributed by atoms with E-state index in [0.717, 1.165) is 16.6 Å². The summed E-state index contributed by atoms with van der Waals surface area (Å²) in [6.45, 7) is 1.75. The summed E-state index contributed by atoms with van der Waals surface area (Å²) >= 11 is 3.29. The zero-order valence-corrected chi connectivity index (χ0v) is 12.9. The van der Waals surface area contributed by atoms with Gasteiger partial charge in [0.15, 0.2) is 0 Å². The van der Waals surface area contributed by atoms with Crippen LogP contribution in [0.15, 0.2) is 45.8 Å². The van der Waals surface area contributed by atoms with Gasteiger partial charge in [0.1, 0.15) is 10.7 Å². The first-order valence-electron chi connectivity index (χ1n) is 5.63. The first-order chi connectivity index (χ1) is 9.29. The fourth-order valence-electron chi connectivity index (χ4n) is 1.67. The van der Waals surface area contributed by atoms with E-state index in [2.05, 4.69) is 20.7 Å². The van der Waals surface area contributed by atoms with Gasteiger partial charge >= 0.3 is 0 Å². The molecule has 0 heterocycles. The number of anilines is 2. The third-order valence-corrected chi connectivity index (χ3v) is 4.55. The van der Waals surface area contributed by atoms with Crippen molar-refractivity contribution in [3.05, 3.63) is 52.3 Å². The van der Waals surface area contributed by atoms with Crippen LogP contribution in [0.3, 0.4) is 0 Å². The zero-order valence-electron chi connectivity index (χ0n) is 10.5. The van der Waals surface area contributed by atoms with Gasteiger partial charge < -0.3 is 5.73 Å². The maximum atomic E-state index is 13.7. The Morgan fingerprint density at radius 1 is 1.20 bits per heavy atom. The second-order valence-electron chi connectivity index (χ2n) is 4.25. The normalized spacial score (nSPS) is 11.3. The van der Waals surface area contributed by atoms with Crippen LogP contribution in [0.25, 0.3) is 0 Å². The molecule has 0 saturated carbocycles. The summed E-state index contributed by atoms with van der Waals surface area (Å²) in [5.41, 5.74) is 6.78. The van der Waals surface area contributed by atoms with Crippen LogP contribution in [-0.4, -0.2) is 8.42 Å². The molecule has 0 unspecified atom stereocenters. The summed E-state index contributed by atoms with van der Waals surface area (Å²) in [5.74, 6) is -0.846. The number of sulfonamides is 1. The third kappa shape index (κ3) is 3.10. The predicted octanol–water partition coefficient (Wildman–Crippen LogP) is 3.28. The van der Waals surface area contributed by atoms with Crippen molar-refractivity contribution < 1.29 is 12.8 Å². The highest BCUT2D eigenvalue weighted by atomic mass is 79.9. The molecule has 0 aromatic heterocycles. The minimum absolute atomic E-state index is 0.180. The van der Waals surface area contributed by atoms with E-state index in [1.165, 1.54) is 6.07 Å². The van der Waals surface area contributed by atoms with Crippen LogP contribution in [0.2, 0.25) is 0 Å². The lowest BCUT2D eigenvalue weighted by molar-refractivity contribution is 0.570. The molecule has 0 radical (unpaired) electrons. The van der Waals surface area contributed by atoms with Gasteiger partial charge in [-0.3, -0.25) is 4.72 Å². The third-order valence-electron chi connectivity index (χ3n) is 2.68. The first-order valence-corrected chi connectivity index (χ1v) is 7.91. The molecule has 0 aliphatic rings. The summed E-state index contributed by atoms with van der Waals surface area (Å²) in [6.07, 6.45) is 0. The van der Waals surface area contributed by atoms with Gasteiger partial charge in [0.2, 0.25) is 0 Å². The van der Waals surface area contributed by atoms with Crippen LogP contribution in [0.4, 0.5) is 15.8 Å². The van der Waals surface area contributed by atoms with Crippen LogP contribution >= 0.6 is 15.9 Å². The Balaban J connectivity index is 2.43. The van der Waals surface area contributed by atoms with E-state index < -0.39 is 20.7 Å². The van der Waals surface area contributed by atoms with E-state index in [1.807, 2.05) is 0 Å². The number of halogens is 2. The highest BCUT2D eigenvalue weighted by Crippen LogP contribution is 2.25. The molecule has 20 heavy (non-hydrogen) atoms. The lowest BCUT2D eigenvalue weighted by Gasteiger charge is -2.11. The second-order valence-corrected chi connectivity index (χ2v) is 6.82. The number of rotatable bonds is 3. The Bertz CT molecular complexity index is 763. The average Bonchev–Trinajstić information content (AvgIpc) is 2.35. The zero-order chi connectivity index (χ0) is 14.9. The fourth-order valence-corrected chi connectivity index (χ4v) is 3.39. The van der Waals surface area contributed by atoms with Gasteiger partial charge in [-0.15, -0.1) is 0 Å². The van der Waals surface area contributed by atoms with Crippen LogP contribution in [-0.2, 0) is 10.0 Å². The van der Waals surface area contributed by atoms with Gasteiger partial charge in [0, 0.05) is 10.2 Å². The highest BCUT2D eigenvalue weighted by Gasteiger charge is 2.20. The Kier molecular flexibility index (Phi) is 4.01. The topological polar surface area (TPSA) is 72.2 Å². The van der Waals surface area contributed by atoms with Crippen molar-refractivity contribution in [2.45, 2.75) is 11.8 Å². The van der Waals surface area contributed by atoms with Gasteiger partial charge in [0.25, 0.3) is 10.0 Å². The Morgan fingerprint density at radius 2 is 1.90 bits per heavy atom. The summed E-state index contributed by atoms with van der Waals surface area (Å²) in [7, 11) is -4.02. The van der Waals surface area contributed by atoms with Gasteiger partial charge in [-0.2, -0.15) is 0 Å². The van der Waals surface area contributed by atoms with E-state index in [4.69, 9.17) is 5.73 Å². The quantitative estimate of drug-likeness (QED) is 0.827. The summed E-state index contributed by atoms with van der Waals surface area (Å²) in [6, 6.07) is 8.47. The smallest absolute Gasteiger partial charge is 0.264 e. The van der Waals surface area contributed by atoms with Gasteiger partial charge in [-0.25, -0.2) is 12.8 Å². The van der Waals surface area contributed by atoms with Crippen molar-refractivity contribution in [3.8, 4) is 0 Å². The van der Waals surface area contributed by atoms with E-state index in [-0.39, 0.29) is 5.69 Å². The van der Waals surface area contributed by atoms with Crippen LogP contribution < -0.4 is 10.5 Å². The van der Waals surface area contributed by atoms with Gasteiger partial charge in [-0.05, 0) is 48.9 Å². The van der Waals surface area contributed by atoms with Crippen molar-refractivity contribution in [2.75, 3.05) is 10.5 Å².